The highest BCUT2D eigenvalue weighted by molar-refractivity contribution is 9.10. The molecule has 0 amide bonds. The zero-order chi connectivity index (χ0) is 12.9. The van der Waals surface area contributed by atoms with Crippen LogP contribution in [0.25, 0.3) is 0 Å². The third-order valence-corrected chi connectivity index (χ3v) is 3.88. The molecule has 0 bridgehead atoms. The summed E-state index contributed by atoms with van der Waals surface area (Å²) in [7, 11) is -1.82. The van der Waals surface area contributed by atoms with Crippen molar-refractivity contribution in [3.05, 3.63) is 28.2 Å². The maximum Gasteiger partial charge on any atom is 0.240 e. The molecular weight excluding hydrogens is 306 g/mol. The summed E-state index contributed by atoms with van der Waals surface area (Å²) in [5.41, 5.74) is 0.299. The molecule has 0 heterocycles. The summed E-state index contributed by atoms with van der Waals surface area (Å²) < 4.78 is 26.7. The number of nitriles is 1. The van der Waals surface area contributed by atoms with Gasteiger partial charge in [-0.1, -0.05) is 15.9 Å². The molecule has 17 heavy (non-hydrogen) atoms. The lowest BCUT2D eigenvalue weighted by Gasteiger charge is -2.07. The normalized spacial score (nSPS) is 11.1. The lowest BCUT2D eigenvalue weighted by molar-refractivity contribution is 0.579. The Balaban J connectivity index is 2.99. The molecule has 92 valence electrons. The number of rotatable bonds is 5. The molecule has 0 aliphatic rings. The highest BCUT2D eigenvalue weighted by atomic mass is 79.9. The van der Waals surface area contributed by atoms with Crippen LogP contribution in [0.4, 0.5) is 0 Å². The molecule has 0 radical (unpaired) electrons. The van der Waals surface area contributed by atoms with Gasteiger partial charge in [0.2, 0.25) is 10.0 Å². The van der Waals surface area contributed by atoms with Crippen molar-refractivity contribution in [1.82, 2.24) is 10.0 Å². The zero-order valence-electron chi connectivity index (χ0n) is 9.20. The van der Waals surface area contributed by atoms with Crippen LogP contribution >= 0.6 is 15.9 Å². The Bertz CT molecular complexity index is 537. The van der Waals surface area contributed by atoms with Gasteiger partial charge in [0.25, 0.3) is 0 Å². The minimum atomic E-state index is -3.56. The number of hydrogen-bond acceptors (Lipinski definition) is 4. The Morgan fingerprint density at radius 3 is 2.65 bits per heavy atom. The van der Waals surface area contributed by atoms with Crippen LogP contribution in [0.15, 0.2) is 27.6 Å². The average molecular weight is 318 g/mol. The van der Waals surface area contributed by atoms with Gasteiger partial charge in [-0.05, 0) is 25.2 Å². The molecule has 0 fully saturated rings. The smallest absolute Gasteiger partial charge is 0.240 e. The fourth-order valence-corrected chi connectivity index (χ4v) is 2.92. The number of benzene rings is 1. The van der Waals surface area contributed by atoms with Crippen molar-refractivity contribution in [1.29, 1.82) is 5.26 Å². The van der Waals surface area contributed by atoms with Gasteiger partial charge >= 0.3 is 0 Å². The van der Waals surface area contributed by atoms with Gasteiger partial charge in [-0.2, -0.15) is 5.26 Å². The van der Waals surface area contributed by atoms with Crippen molar-refractivity contribution in [2.24, 2.45) is 0 Å². The van der Waals surface area contributed by atoms with Gasteiger partial charge < -0.3 is 5.32 Å². The van der Waals surface area contributed by atoms with E-state index in [0.29, 0.717) is 23.1 Å². The molecule has 1 aromatic carbocycles. The van der Waals surface area contributed by atoms with Crippen LogP contribution in [0.1, 0.15) is 5.56 Å². The van der Waals surface area contributed by atoms with E-state index in [1.807, 2.05) is 6.07 Å². The number of halogens is 1. The van der Waals surface area contributed by atoms with E-state index in [0.717, 1.165) is 0 Å². The quantitative estimate of drug-likeness (QED) is 0.788. The van der Waals surface area contributed by atoms with Gasteiger partial charge in [0.1, 0.15) is 0 Å². The van der Waals surface area contributed by atoms with Gasteiger partial charge in [-0.25, -0.2) is 13.1 Å². The van der Waals surface area contributed by atoms with Gasteiger partial charge in [-0.15, -0.1) is 0 Å². The molecule has 1 rings (SSSR count). The van der Waals surface area contributed by atoms with Crippen LogP contribution < -0.4 is 10.0 Å². The zero-order valence-corrected chi connectivity index (χ0v) is 11.6. The van der Waals surface area contributed by atoms with Crippen LogP contribution in [-0.4, -0.2) is 28.6 Å². The maximum absolute atomic E-state index is 11.9. The largest absolute Gasteiger partial charge is 0.318 e. The third-order valence-electron chi connectivity index (χ3n) is 1.98. The lowest BCUT2D eigenvalue weighted by Crippen LogP contribution is -2.30. The monoisotopic (exact) mass is 317 g/mol. The van der Waals surface area contributed by atoms with E-state index in [2.05, 4.69) is 26.0 Å². The number of hydrogen-bond donors (Lipinski definition) is 2. The summed E-state index contributed by atoms with van der Waals surface area (Å²) in [4.78, 5) is 0.0829. The molecule has 2 N–H and O–H groups in total. The van der Waals surface area contributed by atoms with Crippen molar-refractivity contribution in [2.75, 3.05) is 20.1 Å². The van der Waals surface area contributed by atoms with Gasteiger partial charge in [-0.3, -0.25) is 0 Å². The predicted octanol–water partition coefficient (Wildman–Crippen LogP) is 0.818. The molecule has 0 aliphatic heterocycles. The molecule has 0 unspecified atom stereocenters. The van der Waals surface area contributed by atoms with Crippen molar-refractivity contribution >= 4 is 26.0 Å². The first-order chi connectivity index (χ1) is 7.99. The second kappa shape index (κ2) is 6.12. The summed E-state index contributed by atoms with van der Waals surface area (Å²) in [5.74, 6) is 0. The third kappa shape index (κ3) is 4.09. The Kier molecular flexibility index (Phi) is 5.08. The first-order valence-electron chi connectivity index (χ1n) is 4.84. The molecular formula is C10H12BrN3O2S. The highest BCUT2D eigenvalue weighted by Crippen LogP contribution is 2.18. The second-order valence-electron chi connectivity index (χ2n) is 3.29. The Hall–Kier alpha value is -0.940. The minimum absolute atomic E-state index is 0.0829. The Morgan fingerprint density at radius 1 is 1.35 bits per heavy atom. The first-order valence-corrected chi connectivity index (χ1v) is 7.12. The number of sulfonamides is 1. The first kappa shape index (κ1) is 14.1. The minimum Gasteiger partial charge on any atom is -0.318 e. The van der Waals surface area contributed by atoms with E-state index in [4.69, 9.17) is 5.26 Å². The standard InChI is InChI=1S/C10H12BrN3O2S/c1-13-2-3-14-17(15,16)10-5-8(7-12)4-9(11)6-10/h4-6,13-14H,2-3H2,1H3. The van der Waals surface area contributed by atoms with Crippen LogP contribution in [0.5, 0.6) is 0 Å². The number of nitrogens with zero attached hydrogens (tertiary/aromatic N) is 1. The van der Waals surface area contributed by atoms with Gasteiger partial charge in [0, 0.05) is 17.6 Å². The van der Waals surface area contributed by atoms with Crippen LogP contribution in [0.3, 0.4) is 0 Å². The van der Waals surface area contributed by atoms with E-state index in [1.165, 1.54) is 12.1 Å². The van der Waals surface area contributed by atoms with Crippen molar-refractivity contribution < 1.29 is 8.42 Å². The van der Waals surface area contributed by atoms with Gasteiger partial charge in [0.15, 0.2) is 0 Å². The molecule has 0 atom stereocenters. The number of nitrogens with one attached hydrogen (secondary N) is 2. The molecule has 0 saturated carbocycles. The van der Waals surface area contributed by atoms with E-state index < -0.39 is 10.0 Å². The molecule has 7 heteroatoms. The second-order valence-corrected chi connectivity index (χ2v) is 5.97. The van der Waals surface area contributed by atoms with E-state index in [1.54, 1.807) is 13.1 Å². The number of likely N-dealkylation sites (N-methyl/N-ethyl adjacent to an activating group) is 1. The van der Waals surface area contributed by atoms with E-state index >= 15 is 0 Å². The molecule has 5 nitrogen and oxygen atoms in total. The Morgan fingerprint density at radius 2 is 2.06 bits per heavy atom. The van der Waals surface area contributed by atoms with E-state index in [9.17, 15) is 8.42 Å². The predicted molar refractivity (Wildman–Crippen MR) is 68.0 cm³/mol. The van der Waals surface area contributed by atoms with Gasteiger partial charge in [0.05, 0.1) is 16.5 Å². The van der Waals surface area contributed by atoms with E-state index in [-0.39, 0.29) is 4.90 Å². The fraction of sp³-hybridized carbons (Fsp3) is 0.300. The molecule has 1 aromatic rings. The molecule has 0 aromatic heterocycles. The fourth-order valence-electron chi connectivity index (χ4n) is 1.18. The van der Waals surface area contributed by atoms with Crippen molar-refractivity contribution in [2.45, 2.75) is 4.90 Å². The van der Waals surface area contributed by atoms with Crippen LogP contribution in [0.2, 0.25) is 0 Å². The summed E-state index contributed by atoms with van der Waals surface area (Å²) in [6.45, 7) is 0.839. The average Bonchev–Trinajstić information content (AvgIpc) is 2.28. The molecule has 0 spiro atoms. The lowest BCUT2D eigenvalue weighted by atomic mass is 10.2. The van der Waals surface area contributed by atoms with Crippen LogP contribution in [-0.2, 0) is 10.0 Å². The Labute approximate surface area is 109 Å². The highest BCUT2D eigenvalue weighted by Gasteiger charge is 2.14. The maximum atomic E-state index is 11.9. The van der Waals surface area contributed by atoms with Crippen LogP contribution in [0, 0.1) is 11.3 Å². The molecule has 0 aliphatic carbocycles. The summed E-state index contributed by atoms with van der Waals surface area (Å²) >= 11 is 3.17. The summed E-state index contributed by atoms with van der Waals surface area (Å²) in [6, 6.07) is 6.28. The topological polar surface area (TPSA) is 82.0 Å². The SMILES string of the molecule is CNCCNS(=O)(=O)c1cc(Br)cc(C#N)c1. The summed E-state index contributed by atoms with van der Waals surface area (Å²) in [5, 5.41) is 11.6. The summed E-state index contributed by atoms with van der Waals surface area (Å²) in [6.07, 6.45) is 0. The van der Waals surface area contributed by atoms with Crippen molar-refractivity contribution in [3.63, 3.8) is 0 Å². The molecule has 0 saturated heterocycles. The van der Waals surface area contributed by atoms with Crippen molar-refractivity contribution in [3.8, 4) is 6.07 Å².